The Morgan fingerprint density at radius 3 is 1.40 bits per heavy atom. The van der Waals surface area contributed by atoms with Gasteiger partial charge in [-0.2, -0.15) is 27.5 Å². The molecule has 1 fully saturated rings. The van der Waals surface area contributed by atoms with Crippen molar-refractivity contribution in [2.24, 2.45) is 5.95 Å². The predicted molar refractivity (Wildman–Crippen MR) is 379 cm³/mol. The Bertz CT molecular complexity index is 3970. The van der Waals surface area contributed by atoms with Crippen LogP contribution in [-0.4, -0.2) is 157 Å². The number of anilines is 1. The summed E-state index contributed by atoms with van der Waals surface area (Å²) in [5, 5.41) is 6.03. The molecule has 10 rings (SSSR count). The molecule has 0 atom stereocenters. The summed E-state index contributed by atoms with van der Waals surface area (Å²) in [5.74, 6) is 20.0. The number of pyridine rings is 1. The molecule has 0 unspecified atom stereocenters. The van der Waals surface area contributed by atoms with E-state index < -0.39 is 38.5 Å². The Labute approximate surface area is 592 Å². The molecule has 0 spiro atoms. The molecule has 20 nitrogen and oxygen atoms in total. The lowest BCUT2D eigenvalue weighted by Crippen LogP contribution is -2.41. The molecule has 1 aromatic heterocycles. The van der Waals surface area contributed by atoms with Crippen LogP contribution in [0, 0.1) is 35.5 Å². The molecule has 6 aliphatic rings. The summed E-state index contributed by atoms with van der Waals surface area (Å²) in [6, 6.07) is 31.9. The molecule has 25 heteroatoms. The highest BCUT2D eigenvalue weighted by atomic mass is 32.2. The van der Waals surface area contributed by atoms with Gasteiger partial charge in [0.05, 0.1) is 0 Å². The molecule has 0 aliphatic carbocycles. The van der Waals surface area contributed by atoms with E-state index in [2.05, 4.69) is 61.4 Å². The van der Waals surface area contributed by atoms with Gasteiger partial charge in [-0.25, -0.2) is 19.4 Å². The van der Waals surface area contributed by atoms with Gasteiger partial charge in [0.1, 0.15) is 34.2 Å². The zero-order valence-electron chi connectivity index (χ0n) is 59.6. The number of hydrogen-bond acceptors (Lipinski definition) is 15. The molecular weight excluding hydrogens is 1320 g/mol. The van der Waals surface area contributed by atoms with Crippen LogP contribution in [0.2, 0.25) is 1.41 Å². The van der Waals surface area contributed by atoms with Gasteiger partial charge in [0.2, 0.25) is 11.8 Å². The van der Waals surface area contributed by atoms with Crippen molar-refractivity contribution in [2.75, 3.05) is 70.8 Å². The third-order valence-electron chi connectivity index (χ3n) is 14.4. The van der Waals surface area contributed by atoms with Crippen molar-refractivity contribution in [1.29, 1.82) is 0 Å². The highest BCUT2D eigenvalue weighted by molar-refractivity contribution is 7.87. The van der Waals surface area contributed by atoms with Crippen molar-refractivity contribution in [1.82, 2.24) is 29.9 Å². The standard InChI is InChI=1S/C24H21N3O2.C18H21NO2.C13H13N.C11H16F3NO5S.C10H17NO3.FH2N/c28-22-10-9-21-16-20(17-25-24(21)26-22)8-11-23(29)27-14-12-19(13-15-27)7-6-18-4-2-1-3-5-18;1-18(2,3)21-17(20)19-13-11-16(12-14-19)10-9-15-7-5-4-6-8-15;1-2-4-12(5-3-1)6-7-13-8-10-14-11-9-13;1-10(2,3)19-9(16)15-6-4-8(5-7-15)20-21(17,18)11(12,13)14;1-10(2,3)14-9(13)11-6-4-8(12)5-7-11;1-2/h1-5,8,11-12,16-17H,9-10,13-15H2,(H,25,26,28);4-8,11H,12-14H2,1-3H3;1-5,8,14H,9-11H2;4H,5-7H2,1-3H3;4-7H2,1-3H3;2H2/b11-8+;;;;;/i;;;;;2T. The first-order chi connectivity index (χ1) is 48.2. The highest BCUT2D eigenvalue weighted by Crippen LogP contribution is 2.29. The largest absolute Gasteiger partial charge is 0.534 e. The fraction of sp³-hybridized carbons (Fsp3) is 0.408. The lowest BCUT2D eigenvalue weighted by molar-refractivity contribution is -0.125. The van der Waals surface area contributed by atoms with Crippen molar-refractivity contribution in [2.45, 2.75) is 136 Å². The van der Waals surface area contributed by atoms with Crippen molar-refractivity contribution >= 4 is 57.9 Å². The maximum atomic E-state index is 12.5. The molecule has 0 radical (unpaired) electrons. The molecule has 0 bridgehead atoms. The first-order valence-corrected chi connectivity index (χ1v) is 34.3. The number of ketones is 1. The monoisotopic (exact) mass is 1420 g/mol. The van der Waals surface area contributed by atoms with Crippen molar-refractivity contribution in [3.63, 3.8) is 0 Å². The summed E-state index contributed by atoms with van der Waals surface area (Å²) in [7, 11) is -5.67. The number of amides is 5. The van der Waals surface area contributed by atoms with Crippen LogP contribution in [0.5, 0.6) is 0 Å². The number of nitrogens with zero attached hydrogens (tertiary/aromatic N) is 5. The predicted octanol–water partition coefficient (Wildman–Crippen LogP) is 12.5. The van der Waals surface area contributed by atoms with Crippen LogP contribution >= 0.6 is 0 Å². The van der Waals surface area contributed by atoms with Crippen molar-refractivity contribution < 1.29 is 74.6 Å². The molecule has 4 aromatic rings. The maximum Gasteiger partial charge on any atom is 0.534 e. The lowest BCUT2D eigenvalue weighted by Gasteiger charge is -2.29. The van der Waals surface area contributed by atoms with Gasteiger partial charge in [-0.15, -0.1) is 4.48 Å². The second-order valence-corrected chi connectivity index (χ2v) is 27.7. The second-order valence-electron chi connectivity index (χ2n) is 26.2. The van der Waals surface area contributed by atoms with E-state index in [-0.39, 0.29) is 55.1 Å². The van der Waals surface area contributed by atoms with Crippen molar-refractivity contribution in [3.05, 3.63) is 184 Å². The number of piperidine rings is 1. The second kappa shape index (κ2) is 39.7. The van der Waals surface area contributed by atoms with E-state index in [0.717, 1.165) is 77.4 Å². The first kappa shape index (κ1) is 80.0. The van der Waals surface area contributed by atoms with Gasteiger partial charge in [0.15, 0.2) is 1.41 Å². The van der Waals surface area contributed by atoms with Crippen LogP contribution in [0.15, 0.2) is 156 Å². The molecule has 1 saturated heterocycles. The Morgan fingerprint density at radius 1 is 0.564 bits per heavy atom. The van der Waals surface area contributed by atoms with E-state index in [0.29, 0.717) is 76.7 Å². The molecule has 4 N–H and O–H groups in total. The van der Waals surface area contributed by atoms with Gasteiger partial charge >= 0.3 is 33.9 Å². The molecule has 3 aromatic carbocycles. The highest BCUT2D eigenvalue weighted by Gasteiger charge is 2.49. The van der Waals surface area contributed by atoms with Gasteiger partial charge in [-0.05, 0) is 154 Å². The number of aromatic nitrogens is 1. The summed E-state index contributed by atoms with van der Waals surface area (Å²) < 4.78 is 92.8. The van der Waals surface area contributed by atoms with Crippen LogP contribution in [0.1, 0.15) is 135 Å². The van der Waals surface area contributed by atoms with Crippen molar-refractivity contribution in [3.8, 4) is 35.5 Å². The van der Waals surface area contributed by atoms with Crippen LogP contribution in [0.25, 0.3) is 6.08 Å². The SMILES string of the molecule is C(#Cc1ccccc1)C1=CCNCC1.CC(C)(C)OC(=O)N1CC=C(C#Cc2ccccc2)CC1.CC(C)(C)OC(=O)N1CC=C(OS(=O)(=O)C(F)(F)F)CC1.CC(C)(C)OC(=O)N1CCC(=O)CC1.O=C1CCc2cc(/C=C/C(=O)N3CC=C(C#Cc4ccccc4)CC3)cnc2N1.[3H]NF. The first-order valence-electron chi connectivity index (χ1n) is 33.4. The fourth-order valence-electron chi connectivity index (χ4n) is 9.33. The van der Waals surface area contributed by atoms with Crippen LogP contribution in [-0.2, 0) is 49.3 Å². The Balaban J connectivity index is 0.000000233. The molecule has 101 heavy (non-hydrogen) atoms. The number of hydrogen-bond donors (Lipinski definition) is 3. The van der Waals surface area contributed by atoms with E-state index in [1.165, 1.54) is 10.5 Å². The third kappa shape index (κ3) is 31.4. The van der Waals surface area contributed by atoms with Gasteiger partial charge in [0.25, 0.3) is 0 Å². The minimum Gasteiger partial charge on any atom is -0.444 e. The van der Waals surface area contributed by atoms with Gasteiger partial charge in [-0.3, -0.25) is 14.4 Å². The number of likely N-dealkylation sites (tertiary alicyclic amines) is 1. The minimum absolute atomic E-state index is 0.00514. The number of halogens is 4. The van der Waals surface area contributed by atoms with Crippen LogP contribution in [0.4, 0.5) is 37.9 Å². The topological polar surface area (TPSA) is 249 Å². The van der Waals surface area contributed by atoms with Gasteiger partial charge < -0.3 is 48.6 Å². The Hall–Kier alpha value is -10.0. The number of nitrogens with one attached hydrogen (secondary N) is 2. The number of benzene rings is 3. The molecule has 540 valence electrons. The van der Waals surface area contributed by atoms with Crippen LogP contribution < -0.4 is 16.6 Å². The number of fused-ring (bicyclic) bond motifs is 1. The molecule has 0 saturated carbocycles. The number of carbonyl (C=O) groups is 6. The number of carbonyl (C=O) groups excluding carboxylic acids is 6. The quantitative estimate of drug-likeness (QED) is 0.0327. The number of aryl methyl sites for hydroxylation is 1. The van der Waals surface area contributed by atoms with E-state index in [4.69, 9.17) is 15.6 Å². The fourth-order valence-corrected chi connectivity index (χ4v) is 9.85. The zero-order valence-corrected chi connectivity index (χ0v) is 59.4. The Kier molecular flexibility index (Phi) is 31.4. The van der Waals surface area contributed by atoms with E-state index in [1.54, 1.807) is 53.8 Å². The molecule has 6 aliphatic heterocycles. The number of nitrogens with two attached hydrogens (primary N) is 1. The number of ether oxygens (including phenoxy) is 3. The maximum absolute atomic E-state index is 12.5. The number of alkyl halides is 3. The lowest BCUT2D eigenvalue weighted by atomic mass is 10.0. The van der Waals surface area contributed by atoms with E-state index in [9.17, 15) is 54.8 Å². The average Bonchev–Trinajstić information content (AvgIpc) is 0.828. The number of Topliss-reactive ketones (excluding diaryl/α,β-unsaturated/α-hetero) is 1. The van der Waals surface area contributed by atoms with Crippen LogP contribution in [0.3, 0.4) is 0 Å². The summed E-state index contributed by atoms with van der Waals surface area (Å²) in [6.07, 6.45) is 15.6. The summed E-state index contributed by atoms with van der Waals surface area (Å²) in [6.45, 7) is 21.5. The van der Waals surface area contributed by atoms with Gasteiger partial charge in [0, 0.05) is 137 Å². The average molecular weight is 1420 g/mol. The smallest absolute Gasteiger partial charge is 0.444 e. The number of rotatable bonds is 4. The zero-order chi connectivity index (χ0) is 74.9. The minimum atomic E-state index is -5.67. The molecule has 7 heterocycles. The van der Waals surface area contributed by atoms with E-state index in [1.807, 2.05) is 151 Å². The summed E-state index contributed by atoms with van der Waals surface area (Å²) in [4.78, 5) is 80.6. The Morgan fingerprint density at radius 2 is 0.990 bits per heavy atom. The van der Waals surface area contributed by atoms with Gasteiger partial charge in [-0.1, -0.05) is 108 Å². The summed E-state index contributed by atoms with van der Waals surface area (Å²) in [5.41, 5.74) is 1.28. The third-order valence-corrected chi connectivity index (χ3v) is 15.4. The normalized spacial score (nSPS) is 16.0. The molecule has 5 amide bonds. The van der Waals surface area contributed by atoms with E-state index >= 15 is 0 Å². The molecular formula is C76H90F4N8O12S. The summed E-state index contributed by atoms with van der Waals surface area (Å²) >= 11 is 0.